The molecule has 0 bridgehead atoms. The third-order valence-corrected chi connectivity index (χ3v) is 3.12. The quantitative estimate of drug-likeness (QED) is 0.758. The van der Waals surface area contributed by atoms with E-state index in [9.17, 15) is 0 Å². The van der Waals surface area contributed by atoms with Crippen LogP contribution in [-0.4, -0.2) is 16.5 Å². The minimum atomic E-state index is 0.764. The van der Waals surface area contributed by atoms with Gasteiger partial charge >= 0.3 is 0 Å². The largest absolute Gasteiger partial charge is 0.456 e. The molecule has 1 N–H and O–H groups in total. The molecule has 0 aliphatic rings. The van der Waals surface area contributed by atoms with Crippen LogP contribution in [0.2, 0.25) is 0 Å². The zero-order chi connectivity index (χ0) is 14.5. The molecule has 0 aliphatic carbocycles. The van der Waals surface area contributed by atoms with Gasteiger partial charge in [0.1, 0.15) is 17.3 Å². The van der Waals surface area contributed by atoms with Gasteiger partial charge in [0.25, 0.3) is 0 Å². The molecule has 0 saturated carbocycles. The molecule has 2 aromatic heterocycles. The average molecular weight is 279 g/mol. The van der Waals surface area contributed by atoms with Gasteiger partial charge in [-0.05, 0) is 36.8 Å². The standard InChI is InChI=1S/C17H17N3O/c1-2-9-19-17-12-13(8-11-20-17)21-16-7-3-6-15-14(16)5-4-10-18-15/h3-8,10-12H,2,9H2,1H3,(H,19,20). The van der Waals surface area contributed by atoms with E-state index >= 15 is 0 Å². The first kappa shape index (κ1) is 13.4. The summed E-state index contributed by atoms with van der Waals surface area (Å²) in [4.78, 5) is 8.61. The highest BCUT2D eigenvalue weighted by molar-refractivity contribution is 5.85. The predicted molar refractivity (Wildman–Crippen MR) is 84.8 cm³/mol. The van der Waals surface area contributed by atoms with Crippen LogP contribution in [0.25, 0.3) is 10.9 Å². The highest BCUT2D eigenvalue weighted by atomic mass is 16.5. The maximum absolute atomic E-state index is 5.99. The van der Waals surface area contributed by atoms with Gasteiger partial charge in [-0.25, -0.2) is 4.98 Å². The predicted octanol–water partition coefficient (Wildman–Crippen LogP) is 4.24. The van der Waals surface area contributed by atoms with E-state index in [0.29, 0.717) is 0 Å². The van der Waals surface area contributed by atoms with E-state index in [4.69, 9.17) is 4.74 Å². The maximum Gasteiger partial charge on any atom is 0.136 e. The number of aromatic nitrogens is 2. The fourth-order valence-corrected chi connectivity index (χ4v) is 2.12. The number of pyridine rings is 2. The van der Waals surface area contributed by atoms with Crippen LogP contribution in [0.1, 0.15) is 13.3 Å². The molecule has 4 heteroatoms. The Bertz CT molecular complexity index is 737. The second kappa shape index (κ2) is 6.22. The van der Waals surface area contributed by atoms with Gasteiger partial charge in [0, 0.05) is 30.4 Å². The monoisotopic (exact) mass is 279 g/mol. The number of nitrogens with zero attached hydrogens (tertiary/aromatic N) is 2. The number of hydrogen-bond donors (Lipinski definition) is 1. The third-order valence-electron chi connectivity index (χ3n) is 3.12. The molecule has 3 rings (SSSR count). The molecule has 0 amide bonds. The number of anilines is 1. The van der Waals surface area contributed by atoms with Crippen molar-refractivity contribution in [2.24, 2.45) is 0 Å². The summed E-state index contributed by atoms with van der Waals surface area (Å²) in [5.74, 6) is 2.39. The number of benzene rings is 1. The van der Waals surface area contributed by atoms with Crippen molar-refractivity contribution in [3.05, 3.63) is 54.9 Å². The molecule has 0 aliphatic heterocycles. The third kappa shape index (κ3) is 3.11. The van der Waals surface area contributed by atoms with Gasteiger partial charge in [-0.15, -0.1) is 0 Å². The van der Waals surface area contributed by atoms with Gasteiger partial charge in [-0.1, -0.05) is 13.0 Å². The molecular weight excluding hydrogens is 262 g/mol. The van der Waals surface area contributed by atoms with E-state index in [0.717, 1.165) is 41.2 Å². The molecule has 3 aromatic rings. The molecule has 0 radical (unpaired) electrons. The summed E-state index contributed by atoms with van der Waals surface area (Å²) in [6.45, 7) is 3.02. The molecular formula is C17H17N3O. The Morgan fingerprint density at radius 3 is 2.90 bits per heavy atom. The number of ether oxygens (including phenoxy) is 1. The van der Waals surface area contributed by atoms with Crippen molar-refractivity contribution in [2.75, 3.05) is 11.9 Å². The smallest absolute Gasteiger partial charge is 0.136 e. The Morgan fingerprint density at radius 2 is 2.00 bits per heavy atom. The van der Waals surface area contributed by atoms with Crippen LogP contribution in [0.15, 0.2) is 54.9 Å². The normalized spacial score (nSPS) is 10.5. The lowest BCUT2D eigenvalue weighted by Gasteiger charge is -2.10. The van der Waals surface area contributed by atoms with Crippen LogP contribution in [-0.2, 0) is 0 Å². The summed E-state index contributed by atoms with van der Waals surface area (Å²) >= 11 is 0. The van der Waals surface area contributed by atoms with Crippen molar-refractivity contribution < 1.29 is 4.74 Å². The fraction of sp³-hybridized carbons (Fsp3) is 0.176. The Hall–Kier alpha value is -2.62. The van der Waals surface area contributed by atoms with Crippen LogP contribution in [0.4, 0.5) is 5.82 Å². The topological polar surface area (TPSA) is 47.0 Å². The Labute approximate surface area is 123 Å². The van der Waals surface area contributed by atoms with E-state index in [1.165, 1.54) is 0 Å². The van der Waals surface area contributed by atoms with Crippen molar-refractivity contribution >= 4 is 16.7 Å². The van der Waals surface area contributed by atoms with Crippen LogP contribution in [0, 0.1) is 0 Å². The number of hydrogen-bond acceptors (Lipinski definition) is 4. The maximum atomic E-state index is 5.99. The van der Waals surface area contributed by atoms with Crippen LogP contribution in [0.3, 0.4) is 0 Å². The lowest BCUT2D eigenvalue weighted by molar-refractivity contribution is 0.488. The Kier molecular flexibility index (Phi) is 3.96. The Balaban J connectivity index is 1.88. The number of rotatable bonds is 5. The molecule has 0 atom stereocenters. The molecule has 0 fully saturated rings. The summed E-state index contributed by atoms with van der Waals surface area (Å²) in [5.41, 5.74) is 0.924. The van der Waals surface area contributed by atoms with Gasteiger partial charge in [-0.3, -0.25) is 4.98 Å². The molecule has 106 valence electrons. The molecule has 21 heavy (non-hydrogen) atoms. The molecule has 4 nitrogen and oxygen atoms in total. The molecule has 0 saturated heterocycles. The number of nitrogens with one attached hydrogen (secondary N) is 1. The fourth-order valence-electron chi connectivity index (χ4n) is 2.12. The van der Waals surface area contributed by atoms with Gasteiger partial charge in [0.15, 0.2) is 0 Å². The van der Waals surface area contributed by atoms with Crippen molar-refractivity contribution in [2.45, 2.75) is 13.3 Å². The van der Waals surface area contributed by atoms with E-state index < -0.39 is 0 Å². The van der Waals surface area contributed by atoms with E-state index in [2.05, 4.69) is 22.2 Å². The van der Waals surface area contributed by atoms with Crippen LogP contribution < -0.4 is 10.1 Å². The van der Waals surface area contributed by atoms with Crippen molar-refractivity contribution in [1.29, 1.82) is 0 Å². The van der Waals surface area contributed by atoms with Crippen molar-refractivity contribution in [3.8, 4) is 11.5 Å². The summed E-state index contributed by atoms with van der Waals surface area (Å²) in [5, 5.41) is 4.25. The number of fused-ring (bicyclic) bond motifs is 1. The van der Waals surface area contributed by atoms with Crippen LogP contribution >= 0.6 is 0 Å². The van der Waals surface area contributed by atoms with Crippen LogP contribution in [0.5, 0.6) is 11.5 Å². The highest BCUT2D eigenvalue weighted by Crippen LogP contribution is 2.29. The van der Waals surface area contributed by atoms with Gasteiger partial charge < -0.3 is 10.1 Å². The highest BCUT2D eigenvalue weighted by Gasteiger charge is 2.04. The van der Waals surface area contributed by atoms with Gasteiger partial charge in [-0.2, -0.15) is 0 Å². The lowest BCUT2D eigenvalue weighted by atomic mass is 10.2. The summed E-state index contributed by atoms with van der Waals surface area (Å²) in [6, 6.07) is 13.6. The first-order chi connectivity index (χ1) is 10.4. The second-order valence-corrected chi connectivity index (χ2v) is 4.73. The minimum Gasteiger partial charge on any atom is -0.456 e. The lowest BCUT2D eigenvalue weighted by Crippen LogP contribution is -2.01. The summed E-state index contributed by atoms with van der Waals surface area (Å²) in [6.07, 6.45) is 4.59. The van der Waals surface area contributed by atoms with E-state index in [-0.39, 0.29) is 0 Å². The van der Waals surface area contributed by atoms with Gasteiger partial charge in [0.05, 0.1) is 5.52 Å². The first-order valence-corrected chi connectivity index (χ1v) is 7.08. The van der Waals surface area contributed by atoms with Crippen molar-refractivity contribution in [1.82, 2.24) is 9.97 Å². The SMILES string of the molecule is CCCNc1cc(Oc2cccc3ncccc23)ccn1. The summed E-state index contributed by atoms with van der Waals surface area (Å²) < 4.78 is 5.99. The minimum absolute atomic E-state index is 0.764. The zero-order valence-corrected chi connectivity index (χ0v) is 11.9. The average Bonchev–Trinajstić information content (AvgIpc) is 2.54. The molecule has 0 unspecified atom stereocenters. The molecule has 1 aromatic carbocycles. The summed E-state index contributed by atoms with van der Waals surface area (Å²) in [7, 11) is 0. The molecule has 2 heterocycles. The van der Waals surface area contributed by atoms with Gasteiger partial charge in [0.2, 0.25) is 0 Å². The molecule has 0 spiro atoms. The van der Waals surface area contributed by atoms with E-state index in [1.807, 2.05) is 42.5 Å². The first-order valence-electron chi connectivity index (χ1n) is 7.08. The Morgan fingerprint density at radius 1 is 1.05 bits per heavy atom. The second-order valence-electron chi connectivity index (χ2n) is 4.73. The van der Waals surface area contributed by atoms with Crippen molar-refractivity contribution in [3.63, 3.8) is 0 Å². The van der Waals surface area contributed by atoms with E-state index in [1.54, 1.807) is 12.4 Å². The zero-order valence-electron chi connectivity index (χ0n) is 11.9.